The number of hydrogen-bond donors (Lipinski definition) is 1. The molecule has 0 radical (unpaired) electrons. The van der Waals surface area contributed by atoms with Crippen molar-refractivity contribution in [3.05, 3.63) is 34.9 Å². The molecule has 0 amide bonds. The lowest BCUT2D eigenvalue weighted by molar-refractivity contribution is 0.0447. The minimum atomic E-state index is -0.268. The monoisotopic (exact) mass is 246 g/mol. The zero-order valence-corrected chi connectivity index (χ0v) is 11.9. The highest BCUT2D eigenvalue weighted by Gasteiger charge is 2.31. The Morgan fingerprint density at radius 3 is 2.67 bits per heavy atom. The summed E-state index contributed by atoms with van der Waals surface area (Å²) in [5.74, 6) is 1.16. The zero-order valence-electron chi connectivity index (χ0n) is 11.9. The van der Waals surface area contributed by atoms with Crippen LogP contribution in [-0.2, 0) is 0 Å². The molecule has 2 rings (SSSR count). The maximum Gasteiger partial charge on any atom is 0.0823 e. The van der Waals surface area contributed by atoms with Gasteiger partial charge in [0, 0.05) is 0 Å². The second-order valence-electron chi connectivity index (χ2n) is 5.85. The van der Waals surface area contributed by atoms with Crippen LogP contribution in [0, 0.1) is 25.7 Å². The number of rotatable bonds is 3. The Labute approximate surface area is 111 Å². The molecular formula is C17H26O. The van der Waals surface area contributed by atoms with Crippen LogP contribution in [0.1, 0.15) is 61.8 Å². The van der Waals surface area contributed by atoms with E-state index in [0.717, 1.165) is 5.56 Å². The van der Waals surface area contributed by atoms with Crippen LogP contribution in [0.3, 0.4) is 0 Å². The SMILES string of the molecule is CCC1CCCCC1C(O)c1cccc(C)c1C. The molecule has 100 valence electrons. The normalized spacial score (nSPS) is 26.0. The third-order valence-corrected chi connectivity index (χ3v) is 4.86. The average molecular weight is 246 g/mol. The van der Waals surface area contributed by atoms with Gasteiger partial charge in [-0.05, 0) is 48.8 Å². The summed E-state index contributed by atoms with van der Waals surface area (Å²) in [6.45, 7) is 6.53. The van der Waals surface area contributed by atoms with Crippen molar-refractivity contribution in [2.75, 3.05) is 0 Å². The van der Waals surface area contributed by atoms with Gasteiger partial charge in [0.1, 0.15) is 0 Å². The van der Waals surface area contributed by atoms with Gasteiger partial charge in [-0.25, -0.2) is 0 Å². The molecule has 0 saturated heterocycles. The van der Waals surface area contributed by atoms with Gasteiger partial charge in [-0.1, -0.05) is 50.8 Å². The van der Waals surface area contributed by atoms with Crippen LogP contribution < -0.4 is 0 Å². The Bertz CT molecular complexity index is 397. The Morgan fingerprint density at radius 2 is 1.94 bits per heavy atom. The fraction of sp³-hybridized carbons (Fsp3) is 0.647. The molecule has 1 nitrogen and oxygen atoms in total. The molecule has 0 heterocycles. The number of aliphatic hydroxyl groups excluding tert-OH is 1. The lowest BCUT2D eigenvalue weighted by Gasteiger charge is -2.35. The summed E-state index contributed by atoms with van der Waals surface area (Å²) >= 11 is 0. The summed E-state index contributed by atoms with van der Waals surface area (Å²) in [6.07, 6.45) is 6.04. The van der Waals surface area contributed by atoms with Gasteiger partial charge in [-0.2, -0.15) is 0 Å². The number of hydrogen-bond acceptors (Lipinski definition) is 1. The van der Waals surface area contributed by atoms with Gasteiger partial charge in [0.05, 0.1) is 6.10 Å². The van der Waals surface area contributed by atoms with Gasteiger partial charge in [-0.3, -0.25) is 0 Å². The van der Waals surface area contributed by atoms with E-state index in [9.17, 15) is 5.11 Å². The quantitative estimate of drug-likeness (QED) is 0.829. The molecule has 0 aliphatic heterocycles. The minimum absolute atomic E-state index is 0.268. The first kappa shape index (κ1) is 13.6. The molecular weight excluding hydrogens is 220 g/mol. The van der Waals surface area contributed by atoms with Crippen LogP contribution in [0.5, 0.6) is 0 Å². The van der Waals surface area contributed by atoms with Gasteiger partial charge in [0.15, 0.2) is 0 Å². The number of aryl methyl sites for hydroxylation is 1. The van der Waals surface area contributed by atoms with Crippen LogP contribution in [0.2, 0.25) is 0 Å². The fourth-order valence-electron chi connectivity index (χ4n) is 3.48. The molecule has 1 fully saturated rings. The van der Waals surface area contributed by atoms with E-state index < -0.39 is 0 Å². The van der Waals surface area contributed by atoms with Crippen molar-refractivity contribution in [1.29, 1.82) is 0 Å². The van der Waals surface area contributed by atoms with Gasteiger partial charge in [0.2, 0.25) is 0 Å². The Morgan fingerprint density at radius 1 is 1.22 bits per heavy atom. The van der Waals surface area contributed by atoms with Crippen LogP contribution in [-0.4, -0.2) is 5.11 Å². The van der Waals surface area contributed by atoms with Crippen molar-refractivity contribution in [1.82, 2.24) is 0 Å². The topological polar surface area (TPSA) is 20.2 Å². The predicted molar refractivity (Wildman–Crippen MR) is 76.6 cm³/mol. The fourth-order valence-corrected chi connectivity index (χ4v) is 3.48. The highest BCUT2D eigenvalue weighted by atomic mass is 16.3. The molecule has 1 heteroatoms. The molecule has 0 aromatic heterocycles. The highest BCUT2D eigenvalue weighted by Crippen LogP contribution is 2.41. The van der Waals surface area contributed by atoms with Crippen molar-refractivity contribution >= 4 is 0 Å². The molecule has 3 unspecified atom stereocenters. The van der Waals surface area contributed by atoms with Crippen molar-refractivity contribution in [3.8, 4) is 0 Å². The van der Waals surface area contributed by atoms with E-state index in [-0.39, 0.29) is 6.10 Å². The first-order chi connectivity index (χ1) is 8.65. The Balaban J connectivity index is 2.23. The zero-order chi connectivity index (χ0) is 13.1. The van der Waals surface area contributed by atoms with E-state index in [4.69, 9.17) is 0 Å². The molecule has 0 spiro atoms. The van der Waals surface area contributed by atoms with E-state index in [2.05, 4.69) is 39.0 Å². The molecule has 1 aromatic carbocycles. The second kappa shape index (κ2) is 5.88. The van der Waals surface area contributed by atoms with Crippen molar-refractivity contribution in [3.63, 3.8) is 0 Å². The van der Waals surface area contributed by atoms with E-state index in [1.165, 1.54) is 43.2 Å². The standard InChI is InChI=1S/C17H26O/c1-4-14-9-5-6-10-16(14)17(18)15-11-7-8-12(2)13(15)3/h7-8,11,14,16-18H,4-6,9-10H2,1-3H3. The summed E-state index contributed by atoms with van der Waals surface area (Å²) < 4.78 is 0. The van der Waals surface area contributed by atoms with Crippen LogP contribution in [0.25, 0.3) is 0 Å². The smallest absolute Gasteiger partial charge is 0.0823 e. The minimum Gasteiger partial charge on any atom is -0.388 e. The average Bonchev–Trinajstić information content (AvgIpc) is 2.41. The lowest BCUT2D eigenvalue weighted by atomic mass is 9.73. The molecule has 1 aromatic rings. The highest BCUT2D eigenvalue weighted by molar-refractivity contribution is 5.35. The Hall–Kier alpha value is -0.820. The van der Waals surface area contributed by atoms with Crippen molar-refractivity contribution in [2.24, 2.45) is 11.8 Å². The molecule has 1 saturated carbocycles. The molecule has 3 atom stereocenters. The van der Waals surface area contributed by atoms with Crippen molar-refractivity contribution in [2.45, 2.75) is 59.0 Å². The summed E-state index contributed by atoms with van der Waals surface area (Å²) in [6, 6.07) is 6.31. The van der Waals surface area contributed by atoms with Gasteiger partial charge in [-0.15, -0.1) is 0 Å². The summed E-state index contributed by atoms with van der Waals surface area (Å²) in [4.78, 5) is 0. The maximum absolute atomic E-state index is 10.8. The number of benzene rings is 1. The van der Waals surface area contributed by atoms with Crippen molar-refractivity contribution < 1.29 is 5.11 Å². The predicted octanol–water partition coefficient (Wildman–Crippen LogP) is 4.55. The Kier molecular flexibility index (Phi) is 4.45. The van der Waals surface area contributed by atoms with E-state index in [1.54, 1.807) is 0 Å². The molecule has 1 aliphatic carbocycles. The van der Waals surface area contributed by atoms with Gasteiger partial charge < -0.3 is 5.11 Å². The third-order valence-electron chi connectivity index (χ3n) is 4.86. The lowest BCUT2D eigenvalue weighted by Crippen LogP contribution is -2.25. The number of aliphatic hydroxyl groups is 1. The largest absolute Gasteiger partial charge is 0.388 e. The van der Waals surface area contributed by atoms with E-state index >= 15 is 0 Å². The summed E-state index contributed by atoms with van der Waals surface area (Å²) in [7, 11) is 0. The molecule has 1 aliphatic rings. The van der Waals surface area contributed by atoms with E-state index in [0.29, 0.717) is 11.8 Å². The maximum atomic E-state index is 10.8. The van der Waals surface area contributed by atoms with Crippen LogP contribution in [0.15, 0.2) is 18.2 Å². The summed E-state index contributed by atoms with van der Waals surface area (Å²) in [5.41, 5.74) is 3.71. The van der Waals surface area contributed by atoms with Gasteiger partial charge in [0.25, 0.3) is 0 Å². The molecule has 18 heavy (non-hydrogen) atoms. The van der Waals surface area contributed by atoms with Crippen LogP contribution in [0.4, 0.5) is 0 Å². The first-order valence-electron chi connectivity index (χ1n) is 7.39. The second-order valence-corrected chi connectivity index (χ2v) is 5.85. The molecule has 1 N–H and O–H groups in total. The van der Waals surface area contributed by atoms with Gasteiger partial charge >= 0.3 is 0 Å². The summed E-state index contributed by atoms with van der Waals surface area (Å²) in [5, 5.41) is 10.8. The third kappa shape index (κ3) is 2.61. The molecule has 0 bridgehead atoms. The first-order valence-corrected chi connectivity index (χ1v) is 7.39. The van der Waals surface area contributed by atoms with Crippen LogP contribution >= 0.6 is 0 Å². The van der Waals surface area contributed by atoms with E-state index in [1.807, 2.05) is 0 Å².